The van der Waals surface area contributed by atoms with Gasteiger partial charge in [0.05, 0.1) is 14.2 Å². The molecule has 2 aromatic carbocycles. The third kappa shape index (κ3) is 2.16. The summed E-state index contributed by atoms with van der Waals surface area (Å²) in [6.45, 7) is 0. The van der Waals surface area contributed by atoms with E-state index in [2.05, 4.69) is 12.1 Å². The third-order valence-electron chi connectivity index (χ3n) is 2.46. The first-order valence-corrected chi connectivity index (χ1v) is 5.12. The van der Waals surface area contributed by atoms with E-state index in [4.69, 9.17) is 9.47 Å². The highest BCUT2D eigenvalue weighted by Gasteiger charge is 2.03. The first-order valence-electron chi connectivity index (χ1n) is 5.12. The molecule has 0 unspecified atom stereocenters. The van der Waals surface area contributed by atoms with Crippen LogP contribution in [0.5, 0.6) is 11.5 Å². The van der Waals surface area contributed by atoms with Crippen molar-refractivity contribution >= 4 is 0 Å². The number of hydrogen-bond acceptors (Lipinski definition) is 2. The second-order valence-corrected chi connectivity index (χ2v) is 3.47. The van der Waals surface area contributed by atoms with Crippen LogP contribution < -0.4 is 9.47 Å². The van der Waals surface area contributed by atoms with Gasteiger partial charge in [0.25, 0.3) is 0 Å². The maximum Gasteiger partial charge on any atom is 0.123 e. The highest BCUT2D eigenvalue weighted by molar-refractivity contribution is 5.67. The number of ether oxygens (including phenoxy) is 2. The summed E-state index contributed by atoms with van der Waals surface area (Å²) in [7, 11) is 3.31. The molecule has 0 aliphatic rings. The minimum Gasteiger partial charge on any atom is -0.497 e. The molecule has 2 nitrogen and oxygen atoms in total. The summed E-state index contributed by atoms with van der Waals surface area (Å²) in [4.78, 5) is 0. The molecule has 0 N–H and O–H groups in total. The summed E-state index contributed by atoms with van der Waals surface area (Å²) < 4.78 is 10.5. The predicted octanol–water partition coefficient (Wildman–Crippen LogP) is 3.37. The Kier molecular flexibility index (Phi) is 3.10. The van der Waals surface area contributed by atoms with Crippen molar-refractivity contribution in [1.29, 1.82) is 0 Å². The van der Waals surface area contributed by atoms with E-state index in [9.17, 15) is 0 Å². The molecule has 82 valence electrons. The van der Waals surface area contributed by atoms with Crippen LogP contribution >= 0.6 is 0 Å². The highest BCUT2D eigenvalue weighted by atomic mass is 16.5. The van der Waals surface area contributed by atoms with Crippen LogP contribution in [0.25, 0.3) is 11.1 Å². The molecule has 16 heavy (non-hydrogen) atoms. The quantitative estimate of drug-likeness (QED) is 0.779. The van der Waals surface area contributed by atoms with E-state index in [1.54, 1.807) is 14.2 Å². The van der Waals surface area contributed by atoms with Crippen LogP contribution in [0, 0.1) is 0 Å². The molecule has 0 bridgehead atoms. The molecule has 0 heterocycles. The van der Waals surface area contributed by atoms with E-state index >= 15 is 0 Å². The predicted molar refractivity (Wildman–Crippen MR) is 65.0 cm³/mol. The van der Waals surface area contributed by atoms with Crippen molar-refractivity contribution in [2.24, 2.45) is 0 Å². The van der Waals surface area contributed by atoms with Crippen LogP contribution in [-0.4, -0.2) is 14.2 Å². The molecule has 0 saturated heterocycles. The van der Waals surface area contributed by atoms with Gasteiger partial charge in [0.1, 0.15) is 11.5 Å². The van der Waals surface area contributed by atoms with Crippen molar-refractivity contribution < 1.29 is 9.47 Å². The van der Waals surface area contributed by atoms with Gasteiger partial charge in [-0.3, -0.25) is 0 Å². The van der Waals surface area contributed by atoms with Crippen molar-refractivity contribution in [2.45, 2.75) is 0 Å². The minimum atomic E-state index is 0.804. The zero-order valence-electron chi connectivity index (χ0n) is 9.44. The molecule has 0 aliphatic carbocycles. The first-order chi connectivity index (χ1) is 7.83. The molecule has 0 spiro atoms. The highest BCUT2D eigenvalue weighted by Crippen LogP contribution is 2.29. The zero-order valence-corrected chi connectivity index (χ0v) is 9.44. The van der Waals surface area contributed by atoms with E-state index in [1.807, 2.05) is 36.4 Å². The summed E-state index contributed by atoms with van der Waals surface area (Å²) in [6, 6.07) is 16.0. The van der Waals surface area contributed by atoms with Gasteiger partial charge in [-0.25, -0.2) is 0 Å². The van der Waals surface area contributed by atoms with Crippen LogP contribution in [0.1, 0.15) is 0 Å². The first kappa shape index (κ1) is 10.6. The van der Waals surface area contributed by atoms with Crippen LogP contribution in [0.3, 0.4) is 0 Å². The van der Waals surface area contributed by atoms with Gasteiger partial charge in [-0.1, -0.05) is 30.3 Å². The molecule has 0 amide bonds. The van der Waals surface area contributed by atoms with E-state index in [0.29, 0.717) is 0 Å². The molecule has 0 aliphatic heterocycles. The van der Waals surface area contributed by atoms with Crippen molar-refractivity contribution in [3.05, 3.63) is 48.5 Å². The maximum atomic E-state index is 5.24. The molecule has 0 atom stereocenters. The van der Waals surface area contributed by atoms with E-state index in [1.165, 1.54) is 0 Å². The monoisotopic (exact) mass is 214 g/mol. The van der Waals surface area contributed by atoms with Gasteiger partial charge in [0.15, 0.2) is 0 Å². The zero-order chi connectivity index (χ0) is 11.4. The number of benzene rings is 2. The summed E-state index contributed by atoms with van der Waals surface area (Å²) in [5, 5.41) is 0. The van der Waals surface area contributed by atoms with Crippen LogP contribution in [0.4, 0.5) is 0 Å². The molecule has 0 fully saturated rings. The second-order valence-electron chi connectivity index (χ2n) is 3.47. The fourth-order valence-electron chi connectivity index (χ4n) is 1.60. The number of rotatable bonds is 3. The Morgan fingerprint density at radius 1 is 0.688 bits per heavy atom. The molecule has 0 saturated carbocycles. The van der Waals surface area contributed by atoms with Gasteiger partial charge in [-0.05, 0) is 23.3 Å². The normalized spacial score (nSPS) is 9.88. The van der Waals surface area contributed by atoms with Crippen molar-refractivity contribution in [3.8, 4) is 22.6 Å². The summed E-state index contributed by atoms with van der Waals surface area (Å²) >= 11 is 0. The smallest absolute Gasteiger partial charge is 0.123 e. The Balaban J connectivity index is 2.48. The van der Waals surface area contributed by atoms with E-state index in [0.717, 1.165) is 22.6 Å². The summed E-state index contributed by atoms with van der Waals surface area (Å²) in [5.41, 5.74) is 2.25. The molecular weight excluding hydrogens is 200 g/mol. The fraction of sp³-hybridized carbons (Fsp3) is 0.143. The van der Waals surface area contributed by atoms with Gasteiger partial charge in [0.2, 0.25) is 0 Å². The number of methoxy groups -OCH3 is 2. The summed E-state index contributed by atoms with van der Waals surface area (Å²) in [5.74, 6) is 1.61. The molecule has 2 aromatic rings. The molecule has 2 heteroatoms. The molecule has 0 aromatic heterocycles. The van der Waals surface area contributed by atoms with Gasteiger partial charge in [-0.15, -0.1) is 0 Å². The lowest BCUT2D eigenvalue weighted by Crippen LogP contribution is -1.88. The van der Waals surface area contributed by atoms with Crippen LogP contribution in [0.2, 0.25) is 0 Å². The van der Waals surface area contributed by atoms with Crippen molar-refractivity contribution in [1.82, 2.24) is 0 Å². The van der Waals surface area contributed by atoms with Gasteiger partial charge >= 0.3 is 0 Å². The molecule has 2 rings (SSSR count). The lowest BCUT2D eigenvalue weighted by Gasteiger charge is -2.08. The molecular formula is C14H14O2. The average Bonchev–Trinajstić information content (AvgIpc) is 2.39. The third-order valence-corrected chi connectivity index (χ3v) is 2.46. The maximum absolute atomic E-state index is 5.24. The average molecular weight is 214 g/mol. The Bertz CT molecular complexity index is 441. The minimum absolute atomic E-state index is 0.804. The lowest BCUT2D eigenvalue weighted by atomic mass is 10.1. The molecule has 0 radical (unpaired) electrons. The lowest BCUT2D eigenvalue weighted by molar-refractivity contribution is 0.394. The topological polar surface area (TPSA) is 18.5 Å². The Morgan fingerprint density at radius 2 is 1.25 bits per heavy atom. The van der Waals surface area contributed by atoms with E-state index in [-0.39, 0.29) is 0 Å². The van der Waals surface area contributed by atoms with Crippen molar-refractivity contribution in [2.75, 3.05) is 14.2 Å². The van der Waals surface area contributed by atoms with Gasteiger partial charge in [0, 0.05) is 6.07 Å². The Hall–Kier alpha value is -1.96. The largest absolute Gasteiger partial charge is 0.497 e. The Labute approximate surface area is 95.4 Å². The second kappa shape index (κ2) is 4.71. The fourth-order valence-corrected chi connectivity index (χ4v) is 1.60. The Morgan fingerprint density at radius 3 is 1.75 bits per heavy atom. The number of hydrogen-bond donors (Lipinski definition) is 0. The van der Waals surface area contributed by atoms with Gasteiger partial charge in [-0.2, -0.15) is 0 Å². The summed E-state index contributed by atoms with van der Waals surface area (Å²) in [6.07, 6.45) is 0. The SMILES string of the molecule is COc1cc(OC)cc(-c2ccccc2)c1. The standard InChI is InChI=1S/C14H14O2/c1-15-13-8-12(9-14(10-13)16-2)11-6-4-3-5-7-11/h3-10H,1-2H3. The van der Waals surface area contributed by atoms with E-state index < -0.39 is 0 Å². The van der Waals surface area contributed by atoms with Crippen LogP contribution in [-0.2, 0) is 0 Å². The van der Waals surface area contributed by atoms with Gasteiger partial charge < -0.3 is 9.47 Å². The van der Waals surface area contributed by atoms with Crippen molar-refractivity contribution in [3.63, 3.8) is 0 Å². The van der Waals surface area contributed by atoms with Crippen LogP contribution in [0.15, 0.2) is 48.5 Å².